The van der Waals surface area contributed by atoms with Gasteiger partial charge in [0.2, 0.25) is 0 Å². The molecule has 8 heteroatoms. The molecule has 180 valence electrons. The number of carbonyl (C=O) groups is 2. The van der Waals surface area contributed by atoms with Crippen LogP contribution in [0.1, 0.15) is 49.2 Å². The van der Waals surface area contributed by atoms with Crippen molar-refractivity contribution in [2.75, 3.05) is 0 Å². The van der Waals surface area contributed by atoms with Crippen molar-refractivity contribution in [2.45, 2.75) is 57.3 Å². The molecular formula is C26H30FN3O4. The van der Waals surface area contributed by atoms with Crippen LogP contribution in [0.25, 0.3) is 11.0 Å². The molecule has 3 atom stereocenters. The number of benzene rings is 2. The Morgan fingerprint density at radius 2 is 1.71 bits per heavy atom. The lowest BCUT2D eigenvalue weighted by molar-refractivity contribution is -0.143. The summed E-state index contributed by atoms with van der Waals surface area (Å²) in [7, 11) is 0. The second-order valence-electron chi connectivity index (χ2n) is 9.11. The van der Waals surface area contributed by atoms with Gasteiger partial charge in [-0.2, -0.15) is 0 Å². The number of rotatable bonds is 11. The maximum Gasteiger partial charge on any atom is 0.306 e. The molecule has 0 aliphatic carbocycles. The van der Waals surface area contributed by atoms with Crippen LogP contribution >= 0.6 is 0 Å². The maximum absolute atomic E-state index is 13.9. The van der Waals surface area contributed by atoms with Crippen molar-refractivity contribution in [1.29, 1.82) is 0 Å². The predicted molar refractivity (Wildman–Crippen MR) is 127 cm³/mol. The maximum atomic E-state index is 13.9. The van der Waals surface area contributed by atoms with Crippen molar-refractivity contribution < 1.29 is 24.2 Å². The van der Waals surface area contributed by atoms with Crippen LogP contribution in [0.15, 0.2) is 60.8 Å². The highest BCUT2D eigenvalue weighted by Crippen LogP contribution is 2.24. The first-order valence-corrected chi connectivity index (χ1v) is 11.3. The Bertz CT molecular complexity index is 1120. The van der Waals surface area contributed by atoms with Crippen LogP contribution in [-0.2, 0) is 11.2 Å². The lowest BCUT2D eigenvalue weighted by Gasteiger charge is -2.27. The highest BCUT2D eigenvalue weighted by Gasteiger charge is 2.30. The molecule has 0 saturated heterocycles. The van der Waals surface area contributed by atoms with E-state index in [0.29, 0.717) is 11.0 Å². The Morgan fingerprint density at radius 3 is 2.35 bits per heavy atom. The fourth-order valence-corrected chi connectivity index (χ4v) is 3.78. The number of aliphatic hydroxyl groups is 1. The molecule has 0 aliphatic rings. The fraction of sp³-hybridized carbons (Fsp3) is 0.385. The van der Waals surface area contributed by atoms with E-state index in [-0.39, 0.29) is 31.4 Å². The molecule has 1 aromatic heterocycles. The van der Waals surface area contributed by atoms with Gasteiger partial charge in [-0.05, 0) is 57.2 Å². The van der Waals surface area contributed by atoms with Crippen molar-refractivity contribution >= 4 is 22.9 Å². The van der Waals surface area contributed by atoms with Gasteiger partial charge in [0.15, 0.2) is 0 Å². The highest BCUT2D eigenvalue weighted by molar-refractivity contribution is 5.94. The van der Waals surface area contributed by atoms with E-state index in [4.69, 9.17) is 0 Å². The molecule has 7 nitrogen and oxygen atoms in total. The first kappa shape index (κ1) is 25.2. The number of para-hydroxylation sites is 2. The smallest absolute Gasteiger partial charge is 0.306 e. The van der Waals surface area contributed by atoms with Gasteiger partial charge in [0.05, 0.1) is 35.3 Å². The van der Waals surface area contributed by atoms with Gasteiger partial charge >= 0.3 is 5.97 Å². The molecule has 0 aliphatic heterocycles. The van der Waals surface area contributed by atoms with Crippen LogP contribution in [-0.4, -0.2) is 49.9 Å². The van der Waals surface area contributed by atoms with E-state index in [1.54, 1.807) is 18.2 Å². The normalized spacial score (nSPS) is 14.4. The Labute approximate surface area is 198 Å². The van der Waals surface area contributed by atoms with E-state index >= 15 is 0 Å². The number of hydrogen-bond acceptors (Lipinski definition) is 5. The molecule has 3 aromatic rings. The number of carbonyl (C=O) groups excluding carboxylic acids is 1. The molecule has 2 aromatic carbocycles. The molecular weight excluding hydrogens is 437 g/mol. The molecule has 0 fully saturated rings. The number of fused-ring (bicyclic) bond motifs is 1. The van der Waals surface area contributed by atoms with Crippen molar-refractivity contribution in [1.82, 2.24) is 15.3 Å². The molecule has 3 N–H and O–H groups in total. The van der Waals surface area contributed by atoms with Crippen molar-refractivity contribution in [2.24, 2.45) is 5.92 Å². The summed E-state index contributed by atoms with van der Waals surface area (Å²) >= 11 is 0. The lowest BCUT2D eigenvalue weighted by Crippen LogP contribution is -2.46. The van der Waals surface area contributed by atoms with E-state index in [1.165, 1.54) is 20.0 Å². The van der Waals surface area contributed by atoms with Gasteiger partial charge in [-0.15, -0.1) is 0 Å². The van der Waals surface area contributed by atoms with Gasteiger partial charge in [0, 0.05) is 0 Å². The molecule has 0 radical (unpaired) electrons. The summed E-state index contributed by atoms with van der Waals surface area (Å²) in [4.78, 5) is 33.3. The number of carboxylic acid groups (broad SMARTS) is 1. The van der Waals surface area contributed by atoms with Crippen LogP contribution < -0.4 is 5.32 Å². The topological polar surface area (TPSA) is 112 Å². The first-order valence-electron chi connectivity index (χ1n) is 11.3. The Balaban J connectivity index is 1.78. The van der Waals surface area contributed by atoms with Crippen molar-refractivity contribution in [3.05, 3.63) is 72.1 Å². The monoisotopic (exact) mass is 467 g/mol. The molecule has 0 saturated carbocycles. The standard InChI is InChI=1S/C26H30FN3O4/c1-26(2,27)13-12-18(25(33)34)15-23(31)21(14-17-8-4-3-5-9-17)30-24(32)22-16-28-19-10-6-7-11-20(19)29-22/h3-11,16,18,21,23,31H,12-15H2,1-2H3,(H,30,32)(H,33,34). The minimum Gasteiger partial charge on any atom is -0.481 e. The van der Waals surface area contributed by atoms with Gasteiger partial charge in [-0.1, -0.05) is 42.5 Å². The SMILES string of the molecule is CC(C)(F)CCC(CC(O)C(Cc1ccccc1)NC(=O)c1cnc2ccccc2n1)C(=O)O. The number of halogens is 1. The van der Waals surface area contributed by atoms with E-state index < -0.39 is 35.6 Å². The van der Waals surface area contributed by atoms with Gasteiger partial charge in [-0.3, -0.25) is 14.6 Å². The molecule has 1 amide bonds. The number of aromatic nitrogens is 2. The summed E-state index contributed by atoms with van der Waals surface area (Å²) in [5, 5.41) is 23.4. The minimum atomic E-state index is -1.51. The number of amides is 1. The van der Waals surface area contributed by atoms with Crippen LogP contribution in [0.2, 0.25) is 0 Å². The van der Waals surface area contributed by atoms with E-state index in [9.17, 15) is 24.2 Å². The van der Waals surface area contributed by atoms with E-state index in [1.807, 2.05) is 36.4 Å². The minimum absolute atomic E-state index is 0.0546. The van der Waals surface area contributed by atoms with Crippen LogP contribution in [0.3, 0.4) is 0 Å². The third-order valence-corrected chi connectivity index (χ3v) is 5.72. The average molecular weight is 468 g/mol. The zero-order valence-corrected chi connectivity index (χ0v) is 19.3. The summed E-state index contributed by atoms with van der Waals surface area (Å²) in [6.45, 7) is 2.79. The first-order chi connectivity index (χ1) is 16.1. The molecule has 3 rings (SSSR count). The number of aliphatic hydroxyl groups excluding tert-OH is 1. The van der Waals surface area contributed by atoms with Gasteiger partial charge < -0.3 is 15.5 Å². The number of carboxylic acids is 1. The van der Waals surface area contributed by atoms with Crippen molar-refractivity contribution in [3.63, 3.8) is 0 Å². The fourth-order valence-electron chi connectivity index (χ4n) is 3.78. The van der Waals surface area contributed by atoms with Gasteiger partial charge in [-0.25, -0.2) is 9.37 Å². The third-order valence-electron chi connectivity index (χ3n) is 5.72. The summed E-state index contributed by atoms with van der Waals surface area (Å²) in [6, 6.07) is 15.7. The Kier molecular flexibility index (Phi) is 8.28. The molecule has 34 heavy (non-hydrogen) atoms. The Hall–Kier alpha value is -3.39. The second kappa shape index (κ2) is 11.2. The van der Waals surface area contributed by atoms with Crippen LogP contribution in [0, 0.1) is 5.92 Å². The summed E-state index contributed by atoms with van der Waals surface area (Å²) in [6.07, 6.45) is 0.508. The summed E-state index contributed by atoms with van der Waals surface area (Å²) in [5.41, 5.74) is 0.673. The summed E-state index contributed by atoms with van der Waals surface area (Å²) < 4.78 is 13.9. The number of nitrogens with zero attached hydrogens (tertiary/aromatic N) is 2. The number of nitrogens with one attached hydrogen (secondary N) is 1. The molecule has 1 heterocycles. The van der Waals surface area contributed by atoms with E-state index in [2.05, 4.69) is 15.3 Å². The van der Waals surface area contributed by atoms with Gasteiger partial charge in [0.1, 0.15) is 11.4 Å². The van der Waals surface area contributed by atoms with Gasteiger partial charge in [0.25, 0.3) is 5.91 Å². The average Bonchev–Trinajstić information content (AvgIpc) is 2.80. The second-order valence-corrected chi connectivity index (χ2v) is 9.11. The molecule has 0 spiro atoms. The molecule has 0 bridgehead atoms. The van der Waals surface area contributed by atoms with E-state index in [0.717, 1.165) is 5.56 Å². The quantitative estimate of drug-likeness (QED) is 0.394. The van der Waals surface area contributed by atoms with Crippen LogP contribution in [0.5, 0.6) is 0 Å². The zero-order valence-electron chi connectivity index (χ0n) is 19.3. The number of aliphatic carboxylic acids is 1. The van der Waals surface area contributed by atoms with Crippen LogP contribution in [0.4, 0.5) is 4.39 Å². The molecule has 3 unspecified atom stereocenters. The van der Waals surface area contributed by atoms with Crippen molar-refractivity contribution in [3.8, 4) is 0 Å². The Morgan fingerprint density at radius 1 is 1.06 bits per heavy atom. The largest absolute Gasteiger partial charge is 0.481 e. The highest BCUT2D eigenvalue weighted by atomic mass is 19.1. The summed E-state index contributed by atoms with van der Waals surface area (Å²) in [5.74, 6) is -2.57. The zero-order chi connectivity index (χ0) is 24.7. The number of alkyl halides is 1. The predicted octanol–water partition coefficient (Wildman–Crippen LogP) is 3.95. The lowest BCUT2D eigenvalue weighted by atomic mass is 9.88. The third kappa shape index (κ3) is 7.31. The number of hydrogen-bond donors (Lipinski definition) is 3.